The number of fused-ring (bicyclic) bond motifs is 1. The minimum absolute atomic E-state index is 0.0963. The van der Waals surface area contributed by atoms with E-state index in [0.29, 0.717) is 28.0 Å². The van der Waals surface area contributed by atoms with Crippen LogP contribution in [0.25, 0.3) is 10.1 Å². The number of amides is 1. The molecular weight excluding hydrogens is 506 g/mol. The molecule has 1 aliphatic rings. The van der Waals surface area contributed by atoms with E-state index in [1.54, 1.807) is 7.11 Å². The van der Waals surface area contributed by atoms with Crippen LogP contribution in [0.5, 0.6) is 17.2 Å². The predicted molar refractivity (Wildman–Crippen MR) is 131 cm³/mol. The Hall–Kier alpha value is -2.98. The Balaban J connectivity index is 1.50. The Bertz CT molecular complexity index is 1270. The van der Waals surface area contributed by atoms with E-state index >= 15 is 0 Å². The van der Waals surface area contributed by atoms with E-state index in [9.17, 15) is 4.79 Å². The van der Waals surface area contributed by atoms with Gasteiger partial charge in [-0.2, -0.15) is 5.21 Å². The molecule has 0 atom stereocenters. The highest BCUT2D eigenvalue weighted by Crippen LogP contribution is 2.44. The van der Waals surface area contributed by atoms with Crippen LogP contribution in [-0.2, 0) is 0 Å². The van der Waals surface area contributed by atoms with E-state index < -0.39 is 0 Å². The standard InChI is InChI=1S/C23H22BrN5O3S/c1-31-18-11-16-19(12-17(18)24)33-21(22(30)25-23-26-28-29-27-23)20(16)32-15-9-7-14(8-10-15)13-5-3-2-4-6-13/h7-13H,2-6H2,1H3,(H2,25,26,27,28,29,30). The first kappa shape index (κ1) is 21.8. The molecule has 10 heteroatoms. The van der Waals surface area contributed by atoms with Crippen molar-refractivity contribution in [2.75, 3.05) is 12.4 Å². The Morgan fingerprint density at radius 3 is 2.67 bits per heavy atom. The van der Waals surface area contributed by atoms with E-state index in [1.165, 1.54) is 49.0 Å². The van der Waals surface area contributed by atoms with Gasteiger partial charge in [0.15, 0.2) is 5.75 Å². The van der Waals surface area contributed by atoms with Gasteiger partial charge < -0.3 is 9.47 Å². The molecule has 1 aliphatic carbocycles. The maximum atomic E-state index is 13.0. The number of halogens is 1. The first-order chi connectivity index (χ1) is 16.1. The largest absolute Gasteiger partial charge is 0.496 e. The molecule has 2 aromatic carbocycles. The van der Waals surface area contributed by atoms with Crippen molar-refractivity contribution in [2.45, 2.75) is 38.0 Å². The number of carbonyl (C=O) groups excluding carboxylic acids is 1. The SMILES string of the molecule is COc1cc2c(Oc3ccc(C4CCCCC4)cc3)c(C(=O)Nc3nn[nH]n3)sc2cc1Br. The van der Waals surface area contributed by atoms with Gasteiger partial charge in [-0.1, -0.05) is 36.5 Å². The molecule has 1 amide bonds. The van der Waals surface area contributed by atoms with Gasteiger partial charge in [0.25, 0.3) is 11.9 Å². The van der Waals surface area contributed by atoms with Crippen LogP contribution in [0.15, 0.2) is 40.9 Å². The molecule has 5 rings (SSSR count). The van der Waals surface area contributed by atoms with Crippen molar-refractivity contribution in [3.05, 3.63) is 51.3 Å². The van der Waals surface area contributed by atoms with Crippen molar-refractivity contribution >= 4 is 49.2 Å². The van der Waals surface area contributed by atoms with Gasteiger partial charge in [0, 0.05) is 10.1 Å². The molecule has 0 bridgehead atoms. The molecule has 2 N–H and O–H groups in total. The van der Waals surface area contributed by atoms with Gasteiger partial charge in [0.05, 0.1) is 11.6 Å². The molecule has 0 spiro atoms. The average Bonchev–Trinajstić information content (AvgIpc) is 3.47. The van der Waals surface area contributed by atoms with E-state index in [2.05, 4.69) is 54.0 Å². The highest BCUT2D eigenvalue weighted by Gasteiger charge is 2.23. The Morgan fingerprint density at radius 2 is 1.97 bits per heavy atom. The lowest BCUT2D eigenvalue weighted by molar-refractivity contribution is 0.102. The summed E-state index contributed by atoms with van der Waals surface area (Å²) in [5.74, 6) is 2.13. The quantitative estimate of drug-likeness (QED) is 0.306. The second-order valence-corrected chi connectivity index (χ2v) is 9.85. The minimum Gasteiger partial charge on any atom is -0.496 e. The molecule has 1 fully saturated rings. The summed E-state index contributed by atoms with van der Waals surface area (Å²) in [5, 5.41) is 16.9. The normalized spacial score (nSPS) is 14.4. The van der Waals surface area contributed by atoms with Gasteiger partial charge in [-0.05, 0) is 69.7 Å². The van der Waals surface area contributed by atoms with Crippen LogP contribution >= 0.6 is 27.3 Å². The lowest BCUT2D eigenvalue weighted by atomic mass is 9.84. The third-order valence-electron chi connectivity index (χ3n) is 5.87. The lowest BCUT2D eigenvalue weighted by Gasteiger charge is -2.22. The summed E-state index contributed by atoms with van der Waals surface area (Å²) in [6.45, 7) is 0. The smallest absolute Gasteiger partial charge is 0.272 e. The van der Waals surface area contributed by atoms with Gasteiger partial charge in [-0.3, -0.25) is 10.1 Å². The van der Waals surface area contributed by atoms with Crippen LogP contribution in [0.3, 0.4) is 0 Å². The number of carbonyl (C=O) groups is 1. The molecule has 1 saturated carbocycles. The fourth-order valence-electron chi connectivity index (χ4n) is 4.22. The molecule has 33 heavy (non-hydrogen) atoms. The van der Waals surface area contributed by atoms with Crippen LogP contribution in [0.4, 0.5) is 5.95 Å². The second kappa shape index (κ2) is 9.48. The van der Waals surface area contributed by atoms with Gasteiger partial charge in [0.1, 0.15) is 16.4 Å². The van der Waals surface area contributed by atoms with Crippen molar-refractivity contribution < 1.29 is 14.3 Å². The van der Waals surface area contributed by atoms with Crippen molar-refractivity contribution in [1.82, 2.24) is 20.6 Å². The number of tetrazole rings is 1. The third kappa shape index (κ3) is 4.58. The monoisotopic (exact) mass is 527 g/mol. The number of nitrogens with one attached hydrogen (secondary N) is 2. The maximum Gasteiger partial charge on any atom is 0.272 e. The lowest BCUT2D eigenvalue weighted by Crippen LogP contribution is -2.12. The van der Waals surface area contributed by atoms with Crippen LogP contribution in [0.1, 0.15) is 53.3 Å². The third-order valence-corrected chi connectivity index (χ3v) is 7.62. The fourth-order valence-corrected chi connectivity index (χ4v) is 5.92. The van der Waals surface area contributed by atoms with Crippen LogP contribution in [0.2, 0.25) is 0 Å². The zero-order valence-electron chi connectivity index (χ0n) is 17.9. The van der Waals surface area contributed by atoms with Crippen LogP contribution in [0, 0.1) is 0 Å². The number of hydrogen-bond acceptors (Lipinski definition) is 7. The number of ether oxygens (including phenoxy) is 2. The highest BCUT2D eigenvalue weighted by molar-refractivity contribution is 9.10. The molecular formula is C23H22BrN5O3S. The molecule has 0 unspecified atom stereocenters. The topological polar surface area (TPSA) is 102 Å². The molecule has 170 valence electrons. The number of anilines is 1. The summed E-state index contributed by atoms with van der Waals surface area (Å²) in [6, 6.07) is 12.0. The van der Waals surface area contributed by atoms with Crippen molar-refractivity contribution in [2.24, 2.45) is 0 Å². The highest BCUT2D eigenvalue weighted by atomic mass is 79.9. The molecule has 0 saturated heterocycles. The number of aromatic nitrogens is 4. The number of hydrogen-bond donors (Lipinski definition) is 2. The number of thiophene rings is 1. The number of benzene rings is 2. The fraction of sp³-hybridized carbons (Fsp3) is 0.304. The number of methoxy groups -OCH3 is 1. The summed E-state index contributed by atoms with van der Waals surface area (Å²) in [4.78, 5) is 13.5. The van der Waals surface area contributed by atoms with E-state index in [4.69, 9.17) is 9.47 Å². The van der Waals surface area contributed by atoms with Gasteiger partial charge in [-0.15, -0.1) is 16.4 Å². The molecule has 2 aromatic heterocycles. The van der Waals surface area contributed by atoms with E-state index in [1.807, 2.05) is 24.3 Å². The second-order valence-electron chi connectivity index (χ2n) is 7.94. The Morgan fingerprint density at radius 1 is 1.18 bits per heavy atom. The average molecular weight is 528 g/mol. The zero-order chi connectivity index (χ0) is 22.8. The van der Waals surface area contributed by atoms with Crippen LogP contribution < -0.4 is 14.8 Å². The Kier molecular flexibility index (Phi) is 6.28. The number of H-pyrrole nitrogens is 1. The first-order valence-corrected chi connectivity index (χ1v) is 12.4. The summed E-state index contributed by atoms with van der Waals surface area (Å²) in [5.41, 5.74) is 1.35. The van der Waals surface area contributed by atoms with Gasteiger partial charge in [-0.25, -0.2) is 0 Å². The summed E-state index contributed by atoms with van der Waals surface area (Å²) in [6.07, 6.45) is 6.40. The minimum atomic E-state index is -0.374. The molecule has 2 heterocycles. The first-order valence-electron chi connectivity index (χ1n) is 10.7. The maximum absolute atomic E-state index is 13.0. The zero-order valence-corrected chi connectivity index (χ0v) is 20.3. The van der Waals surface area contributed by atoms with E-state index in [0.717, 1.165) is 14.6 Å². The Labute approximate surface area is 202 Å². The number of rotatable bonds is 6. The van der Waals surface area contributed by atoms with Crippen molar-refractivity contribution in [1.29, 1.82) is 0 Å². The summed E-state index contributed by atoms with van der Waals surface area (Å²) < 4.78 is 13.4. The van der Waals surface area contributed by atoms with E-state index in [-0.39, 0.29) is 11.9 Å². The summed E-state index contributed by atoms with van der Waals surface area (Å²) in [7, 11) is 1.60. The van der Waals surface area contributed by atoms with Crippen LogP contribution in [-0.4, -0.2) is 33.6 Å². The van der Waals surface area contributed by atoms with Crippen molar-refractivity contribution in [3.8, 4) is 17.2 Å². The predicted octanol–water partition coefficient (Wildman–Crippen LogP) is 6.28. The molecule has 8 nitrogen and oxygen atoms in total. The van der Waals surface area contributed by atoms with Gasteiger partial charge in [0.2, 0.25) is 0 Å². The number of nitrogens with zero attached hydrogens (tertiary/aromatic N) is 3. The molecule has 0 radical (unpaired) electrons. The van der Waals surface area contributed by atoms with Gasteiger partial charge >= 0.3 is 0 Å². The molecule has 4 aromatic rings. The van der Waals surface area contributed by atoms with Crippen molar-refractivity contribution in [3.63, 3.8) is 0 Å². The number of aromatic amines is 1. The molecule has 0 aliphatic heterocycles. The summed E-state index contributed by atoms with van der Waals surface area (Å²) >= 11 is 4.84.